The normalized spacial score (nSPS) is 10.1. The lowest BCUT2D eigenvalue weighted by molar-refractivity contribution is 0.315. The highest BCUT2D eigenvalue weighted by atomic mass is 35.5. The van der Waals surface area contributed by atoms with Gasteiger partial charge in [-0.25, -0.2) is 0 Å². The van der Waals surface area contributed by atoms with Crippen LogP contribution < -0.4 is 0 Å². The van der Waals surface area contributed by atoms with Crippen LogP contribution in [0.5, 0.6) is 0 Å². The van der Waals surface area contributed by atoms with Crippen LogP contribution in [0, 0.1) is 17.2 Å². The van der Waals surface area contributed by atoms with Gasteiger partial charge in [-0.2, -0.15) is 5.26 Å². The fourth-order valence-electron chi connectivity index (χ4n) is 0.963. The third-order valence-electron chi connectivity index (χ3n) is 1.82. The molecule has 0 atom stereocenters. The predicted octanol–water partition coefficient (Wildman–Crippen LogP) is 2.15. The van der Waals surface area contributed by atoms with E-state index in [1.165, 1.54) is 0 Å². The molecule has 1 rings (SSSR count). The van der Waals surface area contributed by atoms with Gasteiger partial charge < -0.3 is 5.11 Å². The van der Waals surface area contributed by atoms with Gasteiger partial charge in [0, 0.05) is 5.92 Å². The first-order chi connectivity index (χ1) is 6.19. The Hall–Kier alpha value is -1.04. The number of benzene rings is 1. The second-order valence-electron chi connectivity index (χ2n) is 2.74. The molecule has 0 aliphatic rings. The molecule has 1 radical (unpaired) electrons. The summed E-state index contributed by atoms with van der Waals surface area (Å²) in [5.41, 5.74) is 1.32. The summed E-state index contributed by atoms with van der Waals surface area (Å²) in [6, 6.07) is 7.09. The monoisotopic (exact) mass is 194 g/mol. The van der Waals surface area contributed by atoms with Crippen LogP contribution in [0.1, 0.15) is 18.1 Å². The molecule has 1 aromatic rings. The van der Waals surface area contributed by atoms with Gasteiger partial charge in [0.2, 0.25) is 0 Å². The third kappa shape index (κ3) is 2.21. The Bertz CT molecular complexity index is 343. The maximum atomic E-state index is 8.86. The predicted molar refractivity (Wildman–Crippen MR) is 51.3 cm³/mol. The topological polar surface area (TPSA) is 44.0 Å². The van der Waals surface area contributed by atoms with Crippen LogP contribution in [0.4, 0.5) is 0 Å². The Morgan fingerprint density at radius 2 is 2.31 bits per heavy atom. The number of halogens is 1. The number of hydrogen-bond acceptors (Lipinski definition) is 2. The van der Waals surface area contributed by atoms with E-state index in [0.717, 1.165) is 11.5 Å². The lowest BCUT2D eigenvalue weighted by atomic mass is 10.0. The van der Waals surface area contributed by atoms with Crippen LogP contribution in [0.25, 0.3) is 0 Å². The van der Waals surface area contributed by atoms with Gasteiger partial charge in [0.15, 0.2) is 0 Å². The first kappa shape index (κ1) is 10.0. The van der Waals surface area contributed by atoms with E-state index in [4.69, 9.17) is 22.0 Å². The van der Waals surface area contributed by atoms with Crippen molar-refractivity contribution in [1.29, 1.82) is 5.26 Å². The van der Waals surface area contributed by atoms with Crippen LogP contribution in [-0.2, 0) is 0 Å². The zero-order chi connectivity index (χ0) is 9.84. The Balaban J connectivity index is 3.04. The average Bonchev–Trinajstić information content (AvgIpc) is 2.16. The molecular formula is C10H9ClNO. The van der Waals surface area contributed by atoms with Crippen molar-refractivity contribution in [2.75, 3.05) is 6.61 Å². The summed E-state index contributed by atoms with van der Waals surface area (Å²) in [7, 11) is 0. The smallest absolute Gasteiger partial charge is 0.101 e. The summed E-state index contributed by atoms with van der Waals surface area (Å²) >= 11 is 5.81. The lowest BCUT2D eigenvalue weighted by Crippen LogP contribution is -1.99. The maximum absolute atomic E-state index is 8.86. The van der Waals surface area contributed by atoms with E-state index < -0.39 is 0 Å². The first-order valence-corrected chi connectivity index (χ1v) is 4.20. The molecule has 2 nitrogen and oxygen atoms in total. The van der Waals surface area contributed by atoms with E-state index in [-0.39, 0.29) is 6.61 Å². The maximum Gasteiger partial charge on any atom is 0.101 e. The highest BCUT2D eigenvalue weighted by Gasteiger charge is 2.07. The number of aliphatic hydroxyl groups is 1. The van der Waals surface area contributed by atoms with Gasteiger partial charge in [0.05, 0.1) is 17.2 Å². The van der Waals surface area contributed by atoms with Gasteiger partial charge in [-0.1, -0.05) is 24.6 Å². The summed E-state index contributed by atoms with van der Waals surface area (Å²) in [4.78, 5) is 0. The Kier molecular flexibility index (Phi) is 3.30. The van der Waals surface area contributed by atoms with Gasteiger partial charge in [0.1, 0.15) is 6.07 Å². The highest BCUT2D eigenvalue weighted by Crippen LogP contribution is 2.21. The van der Waals surface area contributed by atoms with E-state index in [2.05, 4.69) is 0 Å². The summed E-state index contributed by atoms with van der Waals surface area (Å²) < 4.78 is 0. The van der Waals surface area contributed by atoms with Crippen LogP contribution in [0.15, 0.2) is 18.2 Å². The number of nitrogens with zero attached hydrogens (tertiary/aromatic N) is 1. The number of aliphatic hydroxyl groups excluding tert-OH is 1. The zero-order valence-electron chi connectivity index (χ0n) is 7.21. The minimum atomic E-state index is 0.00221. The second kappa shape index (κ2) is 4.27. The number of nitriles is 1. The minimum Gasteiger partial charge on any atom is -0.395 e. The Morgan fingerprint density at radius 1 is 1.62 bits per heavy atom. The fourth-order valence-corrected chi connectivity index (χ4v) is 1.19. The molecule has 0 spiro atoms. The molecule has 0 heterocycles. The number of rotatable bonds is 2. The summed E-state index contributed by atoms with van der Waals surface area (Å²) in [6.07, 6.45) is 0. The summed E-state index contributed by atoms with van der Waals surface area (Å²) in [6.45, 7) is 1.82. The summed E-state index contributed by atoms with van der Waals surface area (Å²) in [5.74, 6) is 0.839. The van der Waals surface area contributed by atoms with Crippen molar-refractivity contribution < 1.29 is 5.11 Å². The van der Waals surface area contributed by atoms with E-state index >= 15 is 0 Å². The molecule has 0 fully saturated rings. The highest BCUT2D eigenvalue weighted by molar-refractivity contribution is 6.31. The zero-order valence-corrected chi connectivity index (χ0v) is 7.97. The van der Waals surface area contributed by atoms with Gasteiger partial charge in [0.25, 0.3) is 0 Å². The van der Waals surface area contributed by atoms with Crippen molar-refractivity contribution in [1.82, 2.24) is 0 Å². The molecule has 0 amide bonds. The quantitative estimate of drug-likeness (QED) is 0.784. The third-order valence-corrected chi connectivity index (χ3v) is 2.13. The van der Waals surface area contributed by atoms with Crippen LogP contribution >= 0.6 is 11.6 Å². The van der Waals surface area contributed by atoms with Gasteiger partial charge in [-0.3, -0.25) is 0 Å². The molecule has 0 saturated heterocycles. The van der Waals surface area contributed by atoms with Crippen molar-refractivity contribution in [3.05, 3.63) is 40.3 Å². The van der Waals surface area contributed by atoms with E-state index in [1.54, 1.807) is 18.2 Å². The molecule has 0 aliphatic carbocycles. The molecule has 1 aromatic carbocycles. The average molecular weight is 195 g/mol. The molecule has 0 aromatic heterocycles. The van der Waals surface area contributed by atoms with E-state index in [9.17, 15) is 0 Å². The second-order valence-corrected chi connectivity index (χ2v) is 3.15. The van der Waals surface area contributed by atoms with Crippen molar-refractivity contribution in [2.24, 2.45) is 0 Å². The summed E-state index contributed by atoms with van der Waals surface area (Å²) in [5, 5.41) is 17.9. The van der Waals surface area contributed by atoms with Gasteiger partial charge in [-0.05, 0) is 17.7 Å². The minimum absolute atomic E-state index is 0.00221. The number of hydrogen-bond donors (Lipinski definition) is 1. The van der Waals surface area contributed by atoms with E-state index in [1.807, 2.05) is 13.0 Å². The van der Waals surface area contributed by atoms with Crippen molar-refractivity contribution in [2.45, 2.75) is 6.92 Å². The molecular weight excluding hydrogens is 186 g/mol. The standard InChI is InChI=1S/C10H9ClNO/c1-7(6-13)8-2-3-9(5-12)10(11)4-8/h2-4,13H,6H2,1H3. The molecule has 0 saturated carbocycles. The van der Waals surface area contributed by atoms with Gasteiger partial charge in [-0.15, -0.1) is 0 Å². The Morgan fingerprint density at radius 3 is 2.77 bits per heavy atom. The SMILES string of the molecule is C[C](CO)c1ccc(C#N)c(Cl)c1. The molecule has 0 bridgehead atoms. The fraction of sp³-hybridized carbons (Fsp3) is 0.200. The Labute approximate surface area is 82.4 Å². The lowest BCUT2D eigenvalue weighted by Gasteiger charge is -2.07. The van der Waals surface area contributed by atoms with Crippen molar-refractivity contribution in [3.8, 4) is 6.07 Å². The van der Waals surface area contributed by atoms with E-state index in [0.29, 0.717) is 10.6 Å². The molecule has 0 unspecified atom stereocenters. The van der Waals surface area contributed by atoms with Crippen LogP contribution in [-0.4, -0.2) is 11.7 Å². The van der Waals surface area contributed by atoms with Gasteiger partial charge >= 0.3 is 0 Å². The molecule has 0 aliphatic heterocycles. The van der Waals surface area contributed by atoms with Crippen LogP contribution in [0.3, 0.4) is 0 Å². The molecule has 13 heavy (non-hydrogen) atoms. The van der Waals surface area contributed by atoms with Crippen LogP contribution in [0.2, 0.25) is 5.02 Å². The molecule has 3 heteroatoms. The van der Waals surface area contributed by atoms with Crippen molar-refractivity contribution >= 4 is 11.6 Å². The molecule has 67 valence electrons. The first-order valence-electron chi connectivity index (χ1n) is 3.82. The van der Waals surface area contributed by atoms with Crippen molar-refractivity contribution in [3.63, 3.8) is 0 Å². The molecule has 1 N–H and O–H groups in total. The largest absolute Gasteiger partial charge is 0.395 e.